The van der Waals surface area contributed by atoms with Gasteiger partial charge >= 0.3 is 0 Å². The van der Waals surface area contributed by atoms with Gasteiger partial charge in [0.1, 0.15) is 5.82 Å². The fourth-order valence-electron chi connectivity index (χ4n) is 1.51. The van der Waals surface area contributed by atoms with E-state index in [4.69, 9.17) is 23.2 Å². The molecular formula is C11H10BrCl2N3. The topological polar surface area (TPSA) is 30.7 Å². The van der Waals surface area contributed by atoms with Crippen LogP contribution in [0, 0.1) is 0 Å². The van der Waals surface area contributed by atoms with E-state index in [2.05, 4.69) is 26.1 Å². The molecule has 0 N–H and O–H groups in total. The molecule has 0 saturated heterocycles. The van der Waals surface area contributed by atoms with Gasteiger partial charge in [-0.3, -0.25) is 4.57 Å². The van der Waals surface area contributed by atoms with Gasteiger partial charge in [-0.1, -0.05) is 25.4 Å². The first-order chi connectivity index (χ1) is 8.00. The predicted octanol–water partition coefficient (Wildman–Crippen LogP) is 4.46. The van der Waals surface area contributed by atoms with Crippen molar-refractivity contribution < 1.29 is 0 Å². The van der Waals surface area contributed by atoms with Crippen LogP contribution in [0.15, 0.2) is 22.7 Å². The minimum absolute atomic E-state index is 0.234. The van der Waals surface area contributed by atoms with E-state index in [9.17, 15) is 0 Å². The van der Waals surface area contributed by atoms with Crippen molar-refractivity contribution in [3.8, 4) is 5.69 Å². The molecule has 0 aliphatic rings. The first kappa shape index (κ1) is 12.9. The van der Waals surface area contributed by atoms with E-state index in [0.29, 0.717) is 10.3 Å². The lowest BCUT2D eigenvalue weighted by molar-refractivity contribution is 0.745. The van der Waals surface area contributed by atoms with Crippen LogP contribution in [0.3, 0.4) is 0 Å². The standard InChI is InChI=1S/C11H10BrCl2N3/c1-6(2)10-15-16-11(14)17(10)7-3-4-8(12)9(13)5-7/h3-6H,1-2H3. The largest absolute Gasteiger partial charge is 0.269 e. The van der Waals surface area contributed by atoms with E-state index in [1.807, 2.05) is 32.0 Å². The summed E-state index contributed by atoms with van der Waals surface area (Å²) in [4.78, 5) is 0. The lowest BCUT2D eigenvalue weighted by Gasteiger charge is -2.10. The summed E-state index contributed by atoms with van der Waals surface area (Å²) in [5.74, 6) is 1.05. The van der Waals surface area contributed by atoms with Gasteiger partial charge in [0.05, 0.1) is 10.7 Å². The number of benzene rings is 1. The van der Waals surface area contributed by atoms with Crippen LogP contribution in [0.5, 0.6) is 0 Å². The van der Waals surface area contributed by atoms with E-state index in [0.717, 1.165) is 16.0 Å². The molecule has 1 aromatic carbocycles. The van der Waals surface area contributed by atoms with Gasteiger partial charge in [0.15, 0.2) is 0 Å². The van der Waals surface area contributed by atoms with Crippen molar-refractivity contribution in [2.45, 2.75) is 19.8 Å². The highest BCUT2D eigenvalue weighted by atomic mass is 79.9. The molecule has 0 bridgehead atoms. The Labute approximate surface area is 118 Å². The van der Waals surface area contributed by atoms with Crippen LogP contribution in [0.4, 0.5) is 0 Å². The number of rotatable bonds is 2. The minimum atomic E-state index is 0.234. The molecule has 0 aliphatic carbocycles. The zero-order valence-electron chi connectivity index (χ0n) is 9.28. The molecule has 3 nitrogen and oxygen atoms in total. The molecule has 0 radical (unpaired) electrons. The normalized spacial score (nSPS) is 11.2. The molecule has 0 unspecified atom stereocenters. The average Bonchev–Trinajstić information content (AvgIpc) is 2.64. The van der Waals surface area contributed by atoms with Crippen LogP contribution in [0.25, 0.3) is 5.69 Å². The Bertz CT molecular complexity index is 552. The fourth-order valence-corrected chi connectivity index (χ4v) is 2.16. The molecule has 6 heteroatoms. The van der Waals surface area contributed by atoms with Gasteiger partial charge in [0.25, 0.3) is 0 Å². The summed E-state index contributed by atoms with van der Waals surface area (Å²) < 4.78 is 2.64. The Morgan fingerprint density at radius 2 is 1.94 bits per heavy atom. The Balaban J connectivity index is 2.59. The van der Waals surface area contributed by atoms with Crippen molar-refractivity contribution in [2.75, 3.05) is 0 Å². The van der Waals surface area contributed by atoms with Gasteiger partial charge in [-0.25, -0.2) is 0 Å². The van der Waals surface area contributed by atoms with E-state index in [1.165, 1.54) is 0 Å². The lowest BCUT2D eigenvalue weighted by atomic mass is 10.2. The molecule has 0 saturated carbocycles. The summed E-state index contributed by atoms with van der Waals surface area (Å²) >= 11 is 15.5. The SMILES string of the molecule is CC(C)c1nnc(Cl)n1-c1ccc(Br)c(Cl)c1. The number of nitrogens with zero attached hydrogens (tertiary/aromatic N) is 3. The minimum Gasteiger partial charge on any atom is -0.269 e. The van der Waals surface area contributed by atoms with Gasteiger partial charge in [0, 0.05) is 10.4 Å². The number of halogens is 3. The van der Waals surface area contributed by atoms with Crippen molar-refractivity contribution in [1.82, 2.24) is 14.8 Å². The van der Waals surface area contributed by atoms with Crippen LogP contribution < -0.4 is 0 Å². The van der Waals surface area contributed by atoms with Crippen molar-refractivity contribution >= 4 is 39.1 Å². The second kappa shape index (κ2) is 4.96. The van der Waals surface area contributed by atoms with Gasteiger partial charge in [-0.2, -0.15) is 0 Å². The fraction of sp³-hybridized carbons (Fsp3) is 0.273. The maximum atomic E-state index is 6.07. The highest BCUT2D eigenvalue weighted by Gasteiger charge is 2.15. The smallest absolute Gasteiger partial charge is 0.229 e. The average molecular weight is 335 g/mol. The number of hydrogen-bond donors (Lipinski definition) is 0. The molecule has 0 spiro atoms. The summed E-state index contributed by atoms with van der Waals surface area (Å²) in [6.45, 7) is 4.08. The quantitative estimate of drug-likeness (QED) is 0.811. The van der Waals surface area contributed by atoms with Gasteiger partial charge in [-0.15, -0.1) is 10.2 Å². The van der Waals surface area contributed by atoms with Crippen LogP contribution in [-0.2, 0) is 0 Å². The summed E-state index contributed by atoms with van der Waals surface area (Å²) in [5.41, 5.74) is 0.858. The highest BCUT2D eigenvalue weighted by molar-refractivity contribution is 9.10. The summed E-state index contributed by atoms with van der Waals surface area (Å²) in [6.07, 6.45) is 0. The Morgan fingerprint density at radius 3 is 2.53 bits per heavy atom. The first-order valence-electron chi connectivity index (χ1n) is 5.07. The van der Waals surface area contributed by atoms with Gasteiger partial charge < -0.3 is 0 Å². The van der Waals surface area contributed by atoms with Crippen molar-refractivity contribution in [3.05, 3.63) is 38.8 Å². The zero-order valence-corrected chi connectivity index (χ0v) is 12.4. The van der Waals surface area contributed by atoms with E-state index in [-0.39, 0.29) is 5.92 Å². The maximum Gasteiger partial charge on any atom is 0.229 e. The molecular weight excluding hydrogens is 325 g/mol. The maximum absolute atomic E-state index is 6.07. The third-order valence-corrected chi connectivity index (χ3v) is 3.80. The van der Waals surface area contributed by atoms with Crippen molar-refractivity contribution in [3.63, 3.8) is 0 Å². The first-order valence-corrected chi connectivity index (χ1v) is 6.62. The van der Waals surface area contributed by atoms with Crippen LogP contribution >= 0.6 is 39.1 Å². The third kappa shape index (κ3) is 2.49. The highest BCUT2D eigenvalue weighted by Crippen LogP contribution is 2.28. The van der Waals surface area contributed by atoms with Crippen molar-refractivity contribution in [2.24, 2.45) is 0 Å². The zero-order chi connectivity index (χ0) is 12.6. The molecule has 0 fully saturated rings. The Morgan fingerprint density at radius 1 is 1.24 bits per heavy atom. The van der Waals surface area contributed by atoms with Crippen LogP contribution in [0.1, 0.15) is 25.6 Å². The van der Waals surface area contributed by atoms with Crippen LogP contribution in [0.2, 0.25) is 10.3 Å². The summed E-state index contributed by atoms with van der Waals surface area (Å²) in [6, 6.07) is 5.61. The molecule has 0 amide bonds. The molecule has 0 aliphatic heterocycles. The second-order valence-electron chi connectivity index (χ2n) is 3.92. The second-order valence-corrected chi connectivity index (χ2v) is 5.52. The monoisotopic (exact) mass is 333 g/mol. The lowest BCUT2D eigenvalue weighted by Crippen LogP contribution is -2.03. The van der Waals surface area contributed by atoms with E-state index in [1.54, 1.807) is 4.57 Å². The van der Waals surface area contributed by atoms with Crippen molar-refractivity contribution in [1.29, 1.82) is 0 Å². The molecule has 17 heavy (non-hydrogen) atoms. The van der Waals surface area contributed by atoms with E-state index < -0.39 is 0 Å². The van der Waals surface area contributed by atoms with Gasteiger partial charge in [0.2, 0.25) is 5.28 Å². The molecule has 0 atom stereocenters. The number of aromatic nitrogens is 3. The Kier molecular flexibility index (Phi) is 3.76. The van der Waals surface area contributed by atoms with E-state index >= 15 is 0 Å². The molecule has 2 aromatic rings. The Hall–Kier alpha value is -0.580. The summed E-state index contributed by atoms with van der Waals surface area (Å²) in [5, 5.41) is 8.93. The predicted molar refractivity (Wildman–Crippen MR) is 73.2 cm³/mol. The summed E-state index contributed by atoms with van der Waals surface area (Å²) in [7, 11) is 0. The molecule has 90 valence electrons. The molecule has 1 aromatic heterocycles. The van der Waals surface area contributed by atoms with Gasteiger partial charge in [-0.05, 0) is 45.7 Å². The van der Waals surface area contributed by atoms with Crippen LogP contribution in [-0.4, -0.2) is 14.8 Å². The molecule has 1 heterocycles. The third-order valence-electron chi connectivity index (χ3n) is 2.33. The molecule has 2 rings (SSSR count). The number of hydrogen-bond acceptors (Lipinski definition) is 2.